The maximum absolute atomic E-state index is 12.3. The molecule has 0 saturated carbocycles. The summed E-state index contributed by atoms with van der Waals surface area (Å²) in [6, 6.07) is 5.02. The van der Waals surface area contributed by atoms with E-state index in [1.54, 1.807) is 18.2 Å². The Morgan fingerprint density at radius 2 is 2.05 bits per heavy atom. The van der Waals surface area contributed by atoms with E-state index in [0.29, 0.717) is 24.3 Å². The molecule has 1 aliphatic heterocycles. The van der Waals surface area contributed by atoms with Gasteiger partial charge in [-0.05, 0) is 24.5 Å². The van der Waals surface area contributed by atoms with Gasteiger partial charge in [0.25, 0.3) is 0 Å². The topological polar surface area (TPSA) is 46.6 Å². The van der Waals surface area contributed by atoms with Crippen molar-refractivity contribution in [1.82, 2.24) is 0 Å². The number of alkyl halides is 3. The van der Waals surface area contributed by atoms with Crippen LogP contribution in [0.4, 0.5) is 18.9 Å². The molecule has 21 heavy (non-hydrogen) atoms. The number of ether oxygens (including phenoxy) is 1. The molecule has 1 aliphatic rings. The number of fused-ring (bicyclic) bond motifs is 1. The van der Waals surface area contributed by atoms with Crippen LogP contribution < -0.4 is 9.04 Å². The van der Waals surface area contributed by atoms with E-state index >= 15 is 0 Å². The maximum Gasteiger partial charge on any atom is 0.390 e. The minimum absolute atomic E-state index is 0.195. The van der Waals surface area contributed by atoms with E-state index < -0.39 is 28.4 Å². The summed E-state index contributed by atoms with van der Waals surface area (Å²) in [5, 5.41) is 0. The molecule has 0 N–H and O–H groups in total. The zero-order chi connectivity index (χ0) is 15.7. The number of aryl methyl sites for hydroxylation is 1. The first-order valence-corrected chi connectivity index (χ1v) is 8.08. The van der Waals surface area contributed by atoms with E-state index in [9.17, 15) is 21.6 Å². The van der Waals surface area contributed by atoms with Gasteiger partial charge in [0, 0.05) is 12.6 Å². The van der Waals surface area contributed by atoms with Gasteiger partial charge < -0.3 is 4.74 Å². The van der Waals surface area contributed by atoms with Crippen LogP contribution in [-0.4, -0.2) is 34.0 Å². The van der Waals surface area contributed by atoms with E-state index in [0.717, 1.165) is 9.87 Å². The lowest BCUT2D eigenvalue weighted by atomic mass is 10.0. The minimum Gasteiger partial charge on any atom is -0.497 e. The smallest absolute Gasteiger partial charge is 0.390 e. The van der Waals surface area contributed by atoms with Crippen LogP contribution in [0.15, 0.2) is 18.2 Å². The molecule has 0 fully saturated rings. The van der Waals surface area contributed by atoms with Crippen molar-refractivity contribution in [3.05, 3.63) is 23.8 Å². The van der Waals surface area contributed by atoms with Crippen molar-refractivity contribution in [2.24, 2.45) is 0 Å². The highest BCUT2D eigenvalue weighted by atomic mass is 32.2. The Kier molecular flexibility index (Phi) is 4.36. The lowest BCUT2D eigenvalue weighted by Crippen LogP contribution is -2.38. The predicted octanol–water partition coefficient (Wildman–Crippen LogP) is 2.73. The minimum atomic E-state index is -4.49. The van der Waals surface area contributed by atoms with Crippen molar-refractivity contribution < 1.29 is 26.3 Å². The number of sulfonamides is 1. The molecule has 0 aromatic heterocycles. The lowest BCUT2D eigenvalue weighted by molar-refractivity contribution is -0.129. The van der Waals surface area contributed by atoms with Gasteiger partial charge >= 0.3 is 6.18 Å². The molecule has 8 heteroatoms. The molecule has 0 amide bonds. The molecule has 1 aromatic rings. The quantitative estimate of drug-likeness (QED) is 0.856. The Labute approximate surface area is 121 Å². The number of benzene rings is 1. The van der Waals surface area contributed by atoms with Crippen LogP contribution in [0.3, 0.4) is 0 Å². The normalized spacial score (nSPS) is 15.7. The Hall–Kier alpha value is -1.44. The SMILES string of the molecule is COc1ccc2c(c1)N(S(=O)(=O)CCC(F)(F)F)CCC2. The molecule has 0 aliphatic carbocycles. The third-order valence-electron chi connectivity index (χ3n) is 3.35. The van der Waals surface area contributed by atoms with Gasteiger partial charge in [0.15, 0.2) is 0 Å². The molecule has 0 bridgehead atoms. The maximum atomic E-state index is 12.3. The van der Waals surface area contributed by atoms with Crippen LogP contribution in [0.5, 0.6) is 5.75 Å². The van der Waals surface area contributed by atoms with Crippen LogP contribution in [0.25, 0.3) is 0 Å². The van der Waals surface area contributed by atoms with Crippen molar-refractivity contribution in [2.45, 2.75) is 25.4 Å². The monoisotopic (exact) mass is 323 g/mol. The van der Waals surface area contributed by atoms with Gasteiger partial charge in [0.05, 0.1) is 25.0 Å². The number of nitrogens with zero attached hydrogens (tertiary/aromatic N) is 1. The average Bonchev–Trinajstić information content (AvgIpc) is 2.43. The van der Waals surface area contributed by atoms with Crippen molar-refractivity contribution in [3.8, 4) is 5.75 Å². The van der Waals surface area contributed by atoms with Gasteiger partial charge in [-0.2, -0.15) is 13.2 Å². The van der Waals surface area contributed by atoms with E-state index in [-0.39, 0.29) is 6.54 Å². The van der Waals surface area contributed by atoms with Crippen LogP contribution in [0.1, 0.15) is 18.4 Å². The Morgan fingerprint density at radius 3 is 2.67 bits per heavy atom. The van der Waals surface area contributed by atoms with Gasteiger partial charge in [0.1, 0.15) is 5.75 Å². The second kappa shape index (κ2) is 5.75. The second-order valence-corrected chi connectivity index (χ2v) is 6.86. The predicted molar refractivity (Wildman–Crippen MR) is 73.1 cm³/mol. The molecule has 4 nitrogen and oxygen atoms in total. The number of anilines is 1. The zero-order valence-electron chi connectivity index (χ0n) is 11.5. The second-order valence-electron chi connectivity index (χ2n) is 4.85. The van der Waals surface area contributed by atoms with Crippen LogP contribution >= 0.6 is 0 Å². The highest BCUT2D eigenvalue weighted by Crippen LogP contribution is 2.33. The van der Waals surface area contributed by atoms with Crippen LogP contribution in [0.2, 0.25) is 0 Å². The van der Waals surface area contributed by atoms with Crippen molar-refractivity contribution in [1.29, 1.82) is 0 Å². The highest BCUT2D eigenvalue weighted by Gasteiger charge is 2.34. The molecular formula is C13H16F3NO3S. The van der Waals surface area contributed by atoms with Crippen molar-refractivity contribution in [3.63, 3.8) is 0 Å². The summed E-state index contributed by atoms with van der Waals surface area (Å²) in [4.78, 5) is 0. The number of methoxy groups -OCH3 is 1. The fourth-order valence-electron chi connectivity index (χ4n) is 2.29. The zero-order valence-corrected chi connectivity index (χ0v) is 12.3. The summed E-state index contributed by atoms with van der Waals surface area (Å²) in [5.74, 6) is -0.459. The molecular weight excluding hydrogens is 307 g/mol. The van der Waals surface area contributed by atoms with E-state index in [1.807, 2.05) is 0 Å². The van der Waals surface area contributed by atoms with E-state index in [2.05, 4.69) is 0 Å². The summed E-state index contributed by atoms with van der Waals surface area (Å²) in [6.45, 7) is 0.195. The summed E-state index contributed by atoms with van der Waals surface area (Å²) in [7, 11) is -2.55. The van der Waals surface area contributed by atoms with Gasteiger partial charge in [-0.15, -0.1) is 0 Å². The molecule has 2 rings (SSSR count). The van der Waals surface area contributed by atoms with Crippen molar-refractivity contribution >= 4 is 15.7 Å². The standard InChI is InChI=1S/C13H16F3NO3S/c1-20-11-5-4-10-3-2-7-17(12(10)9-11)21(18,19)8-6-13(14,15)16/h4-5,9H,2-3,6-8H2,1H3. The van der Waals surface area contributed by atoms with Gasteiger partial charge in [0.2, 0.25) is 10.0 Å². The summed E-state index contributed by atoms with van der Waals surface area (Å²) in [5.41, 5.74) is 1.22. The summed E-state index contributed by atoms with van der Waals surface area (Å²) < 4.78 is 67.3. The Balaban J connectivity index is 2.30. The van der Waals surface area contributed by atoms with Crippen molar-refractivity contribution in [2.75, 3.05) is 23.7 Å². The first-order valence-electron chi connectivity index (χ1n) is 6.47. The summed E-state index contributed by atoms with van der Waals surface area (Å²) >= 11 is 0. The van der Waals surface area contributed by atoms with Gasteiger partial charge in [-0.1, -0.05) is 6.07 Å². The Bertz CT molecular complexity index is 614. The fourth-order valence-corrected chi connectivity index (χ4v) is 3.88. The lowest BCUT2D eigenvalue weighted by Gasteiger charge is -2.31. The number of rotatable bonds is 4. The number of hydrogen-bond donors (Lipinski definition) is 0. The molecule has 0 unspecified atom stereocenters. The molecule has 0 atom stereocenters. The largest absolute Gasteiger partial charge is 0.497 e. The summed E-state index contributed by atoms with van der Waals surface area (Å²) in [6.07, 6.45) is -4.54. The van der Waals surface area contributed by atoms with Gasteiger partial charge in [-0.25, -0.2) is 8.42 Å². The first-order chi connectivity index (χ1) is 9.73. The molecule has 0 spiro atoms. The molecule has 0 radical (unpaired) electrons. The third-order valence-corrected chi connectivity index (χ3v) is 5.12. The van der Waals surface area contributed by atoms with Crippen LogP contribution in [0, 0.1) is 0 Å². The van der Waals surface area contributed by atoms with E-state index in [4.69, 9.17) is 4.74 Å². The number of hydrogen-bond acceptors (Lipinski definition) is 3. The first kappa shape index (κ1) is 15.9. The van der Waals surface area contributed by atoms with Crippen LogP contribution in [-0.2, 0) is 16.4 Å². The third kappa shape index (κ3) is 3.81. The molecule has 0 saturated heterocycles. The average molecular weight is 323 g/mol. The molecule has 1 heterocycles. The molecule has 1 aromatic carbocycles. The molecule has 118 valence electrons. The van der Waals surface area contributed by atoms with Gasteiger partial charge in [-0.3, -0.25) is 4.31 Å². The van der Waals surface area contributed by atoms with E-state index in [1.165, 1.54) is 7.11 Å². The fraction of sp³-hybridized carbons (Fsp3) is 0.538. The Morgan fingerprint density at radius 1 is 1.33 bits per heavy atom. The number of halogens is 3. The highest BCUT2D eigenvalue weighted by molar-refractivity contribution is 7.92.